The minimum absolute atomic E-state index is 0.475. The van der Waals surface area contributed by atoms with Crippen molar-refractivity contribution < 1.29 is 4.79 Å². The predicted molar refractivity (Wildman–Crippen MR) is 57.9 cm³/mol. The van der Waals surface area contributed by atoms with E-state index in [1.54, 1.807) is 10.7 Å². The van der Waals surface area contributed by atoms with Gasteiger partial charge in [0.05, 0.1) is 6.54 Å². The van der Waals surface area contributed by atoms with E-state index in [1.165, 1.54) is 11.1 Å². The van der Waals surface area contributed by atoms with Crippen molar-refractivity contribution in [3.05, 3.63) is 53.3 Å². The number of hydrogen-bond donors (Lipinski definition) is 0. The van der Waals surface area contributed by atoms with Gasteiger partial charge in [-0.1, -0.05) is 29.8 Å². The van der Waals surface area contributed by atoms with E-state index in [0.29, 0.717) is 12.2 Å². The third kappa shape index (κ3) is 2.31. The average molecular weight is 200 g/mol. The third-order valence-corrected chi connectivity index (χ3v) is 2.21. The lowest BCUT2D eigenvalue weighted by Crippen LogP contribution is -2.01. The first-order valence-electron chi connectivity index (χ1n) is 4.82. The van der Waals surface area contributed by atoms with Crippen molar-refractivity contribution in [3.8, 4) is 0 Å². The number of aromatic nitrogens is 2. The molecule has 0 saturated heterocycles. The monoisotopic (exact) mass is 200 g/mol. The average Bonchev–Trinajstić information content (AvgIpc) is 2.65. The summed E-state index contributed by atoms with van der Waals surface area (Å²) >= 11 is 0. The largest absolute Gasteiger partial charge is 0.296 e. The van der Waals surface area contributed by atoms with Crippen LogP contribution in [0.1, 0.15) is 21.6 Å². The number of carbonyl (C=O) groups excluding carboxylic acids is 1. The molecule has 15 heavy (non-hydrogen) atoms. The van der Waals surface area contributed by atoms with Gasteiger partial charge in [-0.05, 0) is 18.6 Å². The van der Waals surface area contributed by atoms with E-state index in [9.17, 15) is 4.79 Å². The highest BCUT2D eigenvalue weighted by atomic mass is 16.1. The number of benzene rings is 1. The minimum atomic E-state index is 0.475. The number of rotatable bonds is 3. The van der Waals surface area contributed by atoms with Crippen LogP contribution in [0.2, 0.25) is 0 Å². The van der Waals surface area contributed by atoms with Gasteiger partial charge in [0.25, 0.3) is 0 Å². The van der Waals surface area contributed by atoms with Crippen molar-refractivity contribution >= 4 is 6.29 Å². The van der Waals surface area contributed by atoms with Crippen LogP contribution < -0.4 is 0 Å². The van der Waals surface area contributed by atoms with Crippen LogP contribution in [0.5, 0.6) is 0 Å². The lowest BCUT2D eigenvalue weighted by Gasteiger charge is -2.02. The Hall–Kier alpha value is -1.90. The summed E-state index contributed by atoms with van der Waals surface area (Å²) in [5.41, 5.74) is 2.90. The zero-order valence-corrected chi connectivity index (χ0v) is 8.55. The Balaban J connectivity index is 2.18. The van der Waals surface area contributed by atoms with Crippen LogP contribution in [-0.4, -0.2) is 16.1 Å². The molecule has 0 amide bonds. The second-order valence-corrected chi connectivity index (χ2v) is 3.55. The molecule has 3 nitrogen and oxygen atoms in total. The summed E-state index contributed by atoms with van der Waals surface area (Å²) in [5.74, 6) is 0. The molecule has 0 radical (unpaired) electrons. The molecule has 0 spiro atoms. The standard InChI is InChI=1S/C12H12N2O/c1-10-3-2-4-11(7-10)8-14-6-5-12(9-15)13-14/h2-7,9H,8H2,1H3. The summed E-state index contributed by atoms with van der Waals surface area (Å²) < 4.78 is 1.76. The Morgan fingerprint density at radius 3 is 2.93 bits per heavy atom. The van der Waals surface area contributed by atoms with E-state index in [2.05, 4.69) is 30.2 Å². The molecular weight excluding hydrogens is 188 g/mol. The molecule has 3 heteroatoms. The van der Waals surface area contributed by atoms with Gasteiger partial charge >= 0.3 is 0 Å². The molecule has 0 bridgehead atoms. The Kier molecular flexibility index (Phi) is 2.63. The first kappa shape index (κ1) is 9.65. The van der Waals surface area contributed by atoms with Crippen LogP contribution in [0.15, 0.2) is 36.5 Å². The number of carbonyl (C=O) groups is 1. The summed E-state index contributed by atoms with van der Waals surface area (Å²) in [6.07, 6.45) is 2.57. The van der Waals surface area contributed by atoms with Crippen molar-refractivity contribution in [2.45, 2.75) is 13.5 Å². The molecule has 0 N–H and O–H groups in total. The molecule has 0 aliphatic carbocycles. The SMILES string of the molecule is Cc1cccc(Cn2ccc(C=O)n2)c1. The van der Waals surface area contributed by atoms with Gasteiger partial charge in [-0.2, -0.15) is 5.10 Å². The highest BCUT2D eigenvalue weighted by Crippen LogP contribution is 2.05. The molecule has 0 unspecified atom stereocenters. The fraction of sp³-hybridized carbons (Fsp3) is 0.167. The molecule has 76 valence electrons. The molecule has 1 heterocycles. The molecule has 0 aliphatic rings. The van der Waals surface area contributed by atoms with Crippen LogP contribution in [0, 0.1) is 6.92 Å². The van der Waals surface area contributed by atoms with E-state index in [1.807, 2.05) is 12.3 Å². The van der Waals surface area contributed by atoms with E-state index >= 15 is 0 Å². The van der Waals surface area contributed by atoms with Gasteiger partial charge in [-0.15, -0.1) is 0 Å². The number of nitrogens with zero attached hydrogens (tertiary/aromatic N) is 2. The highest BCUT2D eigenvalue weighted by molar-refractivity contribution is 5.71. The molecular formula is C12H12N2O. The number of hydrogen-bond acceptors (Lipinski definition) is 2. The van der Waals surface area contributed by atoms with Crippen LogP contribution >= 0.6 is 0 Å². The lowest BCUT2D eigenvalue weighted by molar-refractivity contribution is 0.111. The van der Waals surface area contributed by atoms with E-state index < -0.39 is 0 Å². The van der Waals surface area contributed by atoms with Crippen LogP contribution in [0.25, 0.3) is 0 Å². The summed E-state index contributed by atoms with van der Waals surface area (Å²) in [4.78, 5) is 10.5. The topological polar surface area (TPSA) is 34.9 Å². The van der Waals surface area contributed by atoms with Crippen LogP contribution in [-0.2, 0) is 6.54 Å². The highest BCUT2D eigenvalue weighted by Gasteiger charge is 1.98. The van der Waals surface area contributed by atoms with Crippen molar-refractivity contribution in [2.24, 2.45) is 0 Å². The van der Waals surface area contributed by atoms with Gasteiger partial charge in [-0.25, -0.2) is 0 Å². The van der Waals surface area contributed by atoms with E-state index in [0.717, 1.165) is 6.29 Å². The van der Waals surface area contributed by atoms with Crippen molar-refractivity contribution in [3.63, 3.8) is 0 Å². The molecule has 1 aromatic carbocycles. The number of aryl methyl sites for hydroxylation is 1. The Morgan fingerprint density at radius 2 is 2.27 bits per heavy atom. The van der Waals surface area contributed by atoms with Crippen molar-refractivity contribution in [1.82, 2.24) is 9.78 Å². The van der Waals surface area contributed by atoms with Gasteiger partial charge in [0.2, 0.25) is 0 Å². The quantitative estimate of drug-likeness (QED) is 0.711. The zero-order chi connectivity index (χ0) is 10.7. The molecule has 0 aliphatic heterocycles. The van der Waals surface area contributed by atoms with Crippen LogP contribution in [0.4, 0.5) is 0 Å². The minimum Gasteiger partial charge on any atom is -0.296 e. The third-order valence-electron chi connectivity index (χ3n) is 2.21. The maximum atomic E-state index is 10.5. The molecule has 0 saturated carbocycles. The molecule has 0 atom stereocenters. The van der Waals surface area contributed by atoms with Gasteiger partial charge in [0.1, 0.15) is 5.69 Å². The first-order chi connectivity index (χ1) is 7.28. The Morgan fingerprint density at radius 1 is 1.40 bits per heavy atom. The zero-order valence-electron chi connectivity index (χ0n) is 8.55. The summed E-state index contributed by atoms with van der Waals surface area (Å²) in [7, 11) is 0. The Labute approximate surface area is 88.4 Å². The second-order valence-electron chi connectivity index (χ2n) is 3.55. The Bertz CT molecular complexity index is 474. The van der Waals surface area contributed by atoms with Gasteiger partial charge in [-0.3, -0.25) is 9.48 Å². The first-order valence-corrected chi connectivity index (χ1v) is 4.82. The van der Waals surface area contributed by atoms with Crippen molar-refractivity contribution in [2.75, 3.05) is 0 Å². The molecule has 2 aromatic rings. The van der Waals surface area contributed by atoms with E-state index in [4.69, 9.17) is 0 Å². The fourth-order valence-electron chi connectivity index (χ4n) is 1.53. The van der Waals surface area contributed by atoms with Gasteiger partial charge in [0.15, 0.2) is 6.29 Å². The summed E-state index contributed by atoms with van der Waals surface area (Å²) in [5, 5.41) is 4.10. The molecule has 1 aromatic heterocycles. The fourth-order valence-corrected chi connectivity index (χ4v) is 1.53. The summed E-state index contributed by atoms with van der Waals surface area (Å²) in [6.45, 7) is 2.76. The van der Waals surface area contributed by atoms with Gasteiger partial charge < -0.3 is 0 Å². The van der Waals surface area contributed by atoms with Gasteiger partial charge in [0, 0.05) is 6.20 Å². The van der Waals surface area contributed by atoms with E-state index in [-0.39, 0.29) is 0 Å². The molecule has 2 rings (SSSR count). The number of aldehydes is 1. The maximum absolute atomic E-state index is 10.5. The lowest BCUT2D eigenvalue weighted by atomic mass is 10.1. The normalized spacial score (nSPS) is 10.2. The smallest absolute Gasteiger partial charge is 0.170 e. The second kappa shape index (κ2) is 4.09. The van der Waals surface area contributed by atoms with Crippen molar-refractivity contribution in [1.29, 1.82) is 0 Å². The maximum Gasteiger partial charge on any atom is 0.170 e. The predicted octanol–water partition coefficient (Wildman–Crippen LogP) is 2.05. The van der Waals surface area contributed by atoms with Crippen LogP contribution in [0.3, 0.4) is 0 Å². The molecule has 0 fully saturated rings. The summed E-state index contributed by atoms with van der Waals surface area (Å²) in [6, 6.07) is 9.96.